The summed E-state index contributed by atoms with van der Waals surface area (Å²) < 4.78 is 0. The smallest absolute Gasteiger partial charge is 0.294 e. The van der Waals surface area contributed by atoms with Gasteiger partial charge in [-0.15, -0.1) is 0 Å². The molecule has 0 radical (unpaired) electrons. The second-order valence-electron chi connectivity index (χ2n) is 5.30. The normalized spacial score (nSPS) is 17.3. The van der Waals surface area contributed by atoms with Crippen molar-refractivity contribution in [3.8, 4) is 0 Å². The summed E-state index contributed by atoms with van der Waals surface area (Å²) in [6.07, 6.45) is 2.48. The summed E-state index contributed by atoms with van der Waals surface area (Å²) >= 11 is 0. The van der Waals surface area contributed by atoms with Crippen molar-refractivity contribution in [3.05, 3.63) is 27.8 Å². The molecule has 0 spiro atoms. The molecule has 6 nitrogen and oxygen atoms in total. The predicted octanol–water partition coefficient (Wildman–Crippen LogP) is 2.74. The van der Waals surface area contributed by atoms with E-state index < -0.39 is 0 Å². The number of nitro benzene ring substituents is 1. The monoisotopic (exact) mass is 291 g/mol. The van der Waals surface area contributed by atoms with Crippen LogP contribution in [-0.4, -0.2) is 30.5 Å². The lowest BCUT2D eigenvalue weighted by Crippen LogP contribution is -2.36. The molecule has 1 aliphatic heterocycles. The first-order chi connectivity index (χ1) is 10.0. The molecule has 0 N–H and O–H groups in total. The maximum atomic E-state index is 11.4. The topological polar surface area (TPSA) is 66.7 Å². The van der Waals surface area contributed by atoms with E-state index in [0.717, 1.165) is 24.8 Å². The zero-order valence-corrected chi connectivity index (χ0v) is 12.7. The highest BCUT2D eigenvalue weighted by molar-refractivity contribution is 5.83. The number of anilines is 2. The van der Waals surface area contributed by atoms with E-state index in [0.29, 0.717) is 24.5 Å². The highest BCUT2D eigenvalue weighted by Gasteiger charge is 2.28. The van der Waals surface area contributed by atoms with Crippen molar-refractivity contribution in [2.24, 2.45) is 0 Å². The van der Waals surface area contributed by atoms with E-state index in [4.69, 9.17) is 0 Å². The van der Waals surface area contributed by atoms with Crippen LogP contribution in [0.2, 0.25) is 0 Å². The van der Waals surface area contributed by atoms with E-state index in [1.807, 2.05) is 31.7 Å². The number of aryl methyl sites for hydroxylation is 1. The molecule has 0 saturated heterocycles. The molecule has 1 aromatic carbocycles. The lowest BCUT2D eigenvalue weighted by molar-refractivity contribution is -0.384. The standard InChI is InChI=1S/C15H21N3O3/c1-4-16(5-2)14-8-12-7-6-11(3)17(10-19)13(12)9-15(14)18(20)21/h8-11H,4-7H2,1-3H3. The van der Waals surface area contributed by atoms with Gasteiger partial charge in [-0.2, -0.15) is 0 Å². The van der Waals surface area contributed by atoms with Crippen LogP contribution in [0.4, 0.5) is 17.1 Å². The third-order valence-electron chi connectivity index (χ3n) is 4.17. The van der Waals surface area contributed by atoms with Gasteiger partial charge in [-0.05, 0) is 45.2 Å². The summed E-state index contributed by atoms with van der Waals surface area (Å²) in [5, 5.41) is 11.4. The van der Waals surface area contributed by atoms with Crippen LogP contribution in [0.5, 0.6) is 0 Å². The summed E-state index contributed by atoms with van der Waals surface area (Å²) in [5.74, 6) is 0. The van der Waals surface area contributed by atoms with Gasteiger partial charge in [0.25, 0.3) is 5.69 Å². The highest BCUT2D eigenvalue weighted by Crippen LogP contribution is 2.39. The van der Waals surface area contributed by atoms with Crippen molar-refractivity contribution in [1.29, 1.82) is 0 Å². The molecule has 0 saturated carbocycles. The van der Waals surface area contributed by atoms with Gasteiger partial charge in [0.2, 0.25) is 6.41 Å². The Balaban J connectivity index is 2.60. The van der Waals surface area contributed by atoms with Crippen LogP contribution in [0.1, 0.15) is 32.8 Å². The fraction of sp³-hybridized carbons (Fsp3) is 0.533. The second-order valence-corrected chi connectivity index (χ2v) is 5.30. The molecule has 6 heteroatoms. The van der Waals surface area contributed by atoms with Crippen molar-refractivity contribution in [3.63, 3.8) is 0 Å². The Morgan fingerprint density at radius 2 is 2.10 bits per heavy atom. The van der Waals surface area contributed by atoms with Gasteiger partial charge in [0.05, 0.1) is 10.6 Å². The Morgan fingerprint density at radius 3 is 2.62 bits per heavy atom. The third-order valence-corrected chi connectivity index (χ3v) is 4.17. The minimum atomic E-state index is -0.365. The Morgan fingerprint density at radius 1 is 1.43 bits per heavy atom. The lowest BCUT2D eigenvalue weighted by Gasteiger charge is -2.33. The number of fused-ring (bicyclic) bond motifs is 1. The molecule has 1 unspecified atom stereocenters. The minimum Gasteiger partial charge on any atom is -0.367 e. The van der Waals surface area contributed by atoms with Crippen LogP contribution in [0.15, 0.2) is 12.1 Å². The lowest BCUT2D eigenvalue weighted by atomic mass is 9.95. The zero-order chi connectivity index (χ0) is 15.6. The molecular weight excluding hydrogens is 270 g/mol. The van der Waals surface area contributed by atoms with Crippen LogP contribution < -0.4 is 9.80 Å². The molecule has 21 heavy (non-hydrogen) atoms. The number of nitrogens with zero attached hydrogens (tertiary/aromatic N) is 3. The number of benzene rings is 1. The van der Waals surface area contributed by atoms with E-state index >= 15 is 0 Å². The SMILES string of the molecule is CCN(CC)c1cc2c(cc1[N+](=O)[O-])N(C=O)C(C)CC2. The molecule has 1 heterocycles. The summed E-state index contributed by atoms with van der Waals surface area (Å²) in [7, 11) is 0. The number of hydrogen-bond acceptors (Lipinski definition) is 4. The Hall–Kier alpha value is -2.11. The average Bonchev–Trinajstić information content (AvgIpc) is 2.47. The van der Waals surface area contributed by atoms with Crippen LogP contribution in [0, 0.1) is 10.1 Å². The van der Waals surface area contributed by atoms with Gasteiger partial charge in [0.1, 0.15) is 5.69 Å². The van der Waals surface area contributed by atoms with E-state index in [1.165, 1.54) is 0 Å². The quantitative estimate of drug-likeness (QED) is 0.475. The van der Waals surface area contributed by atoms with Crippen molar-refractivity contribution in [2.45, 2.75) is 39.7 Å². The number of amides is 1. The van der Waals surface area contributed by atoms with Crippen LogP contribution in [0.3, 0.4) is 0 Å². The molecule has 2 rings (SSSR count). The van der Waals surface area contributed by atoms with Crippen LogP contribution in [-0.2, 0) is 11.2 Å². The van der Waals surface area contributed by atoms with E-state index in [1.54, 1.807) is 11.0 Å². The average molecular weight is 291 g/mol. The van der Waals surface area contributed by atoms with Crippen LogP contribution in [0.25, 0.3) is 0 Å². The molecule has 1 aliphatic rings. The first-order valence-corrected chi connectivity index (χ1v) is 7.33. The third kappa shape index (κ3) is 2.70. The van der Waals surface area contributed by atoms with Gasteiger partial charge >= 0.3 is 0 Å². The van der Waals surface area contributed by atoms with Crippen molar-refractivity contribution in [1.82, 2.24) is 0 Å². The number of hydrogen-bond donors (Lipinski definition) is 0. The fourth-order valence-electron chi connectivity index (χ4n) is 2.92. The number of rotatable bonds is 5. The summed E-state index contributed by atoms with van der Waals surface area (Å²) in [4.78, 5) is 25.9. The van der Waals surface area contributed by atoms with Crippen molar-refractivity contribution in [2.75, 3.05) is 22.9 Å². The fourth-order valence-corrected chi connectivity index (χ4v) is 2.92. The number of nitro groups is 1. The van der Waals surface area contributed by atoms with Crippen LogP contribution >= 0.6 is 0 Å². The van der Waals surface area contributed by atoms with Gasteiger partial charge in [-0.3, -0.25) is 14.9 Å². The van der Waals surface area contributed by atoms with Gasteiger partial charge in [-0.25, -0.2) is 0 Å². The minimum absolute atomic E-state index is 0.0680. The largest absolute Gasteiger partial charge is 0.367 e. The first kappa shape index (κ1) is 15.3. The van der Waals surface area contributed by atoms with Gasteiger partial charge in [-0.1, -0.05) is 0 Å². The highest BCUT2D eigenvalue weighted by atomic mass is 16.6. The second kappa shape index (κ2) is 6.11. The van der Waals surface area contributed by atoms with Gasteiger partial charge in [0, 0.05) is 25.2 Å². The maximum Gasteiger partial charge on any atom is 0.294 e. The first-order valence-electron chi connectivity index (χ1n) is 7.33. The predicted molar refractivity (Wildman–Crippen MR) is 83.0 cm³/mol. The van der Waals surface area contributed by atoms with E-state index in [-0.39, 0.29) is 16.7 Å². The van der Waals surface area contributed by atoms with Gasteiger partial charge < -0.3 is 9.80 Å². The molecule has 1 aromatic rings. The van der Waals surface area contributed by atoms with Gasteiger partial charge in [0.15, 0.2) is 0 Å². The summed E-state index contributed by atoms with van der Waals surface area (Å²) in [5.41, 5.74) is 2.39. The molecule has 0 aliphatic carbocycles. The number of carbonyl (C=O) groups excluding carboxylic acids is 1. The summed E-state index contributed by atoms with van der Waals surface area (Å²) in [6, 6.07) is 3.50. The molecular formula is C15H21N3O3. The number of carbonyl (C=O) groups is 1. The molecule has 0 bridgehead atoms. The Labute approximate surface area is 124 Å². The van der Waals surface area contributed by atoms with Crippen molar-refractivity contribution >= 4 is 23.5 Å². The Kier molecular flexibility index (Phi) is 4.45. The zero-order valence-electron chi connectivity index (χ0n) is 12.7. The Bertz CT molecular complexity index is 555. The maximum absolute atomic E-state index is 11.4. The molecule has 114 valence electrons. The molecule has 1 amide bonds. The van der Waals surface area contributed by atoms with E-state index in [9.17, 15) is 14.9 Å². The van der Waals surface area contributed by atoms with Crippen molar-refractivity contribution < 1.29 is 9.72 Å². The van der Waals surface area contributed by atoms with E-state index in [2.05, 4.69) is 0 Å². The summed E-state index contributed by atoms with van der Waals surface area (Å²) in [6.45, 7) is 7.34. The molecule has 1 atom stereocenters. The molecule has 0 fully saturated rings. The molecule has 0 aromatic heterocycles.